The molecule has 1 amide bonds. The SMILES string of the molecule is O=C(c1ccccc1)N(c1ccccc1)c1ccc(OCCn2cccc2)cc1. The summed E-state index contributed by atoms with van der Waals surface area (Å²) in [5.41, 5.74) is 2.26. The highest BCUT2D eigenvalue weighted by Crippen LogP contribution is 2.29. The molecule has 4 aromatic rings. The number of aromatic nitrogens is 1. The number of hydrogen-bond donors (Lipinski definition) is 0. The van der Waals surface area contributed by atoms with Crippen molar-refractivity contribution in [3.8, 4) is 5.75 Å². The Morgan fingerprint density at radius 1 is 0.724 bits per heavy atom. The quantitative estimate of drug-likeness (QED) is 0.420. The molecule has 0 atom stereocenters. The molecule has 3 aromatic carbocycles. The molecule has 4 nitrogen and oxygen atoms in total. The third-order valence-corrected chi connectivity index (χ3v) is 4.62. The summed E-state index contributed by atoms with van der Waals surface area (Å²) in [5, 5.41) is 0. The zero-order valence-electron chi connectivity index (χ0n) is 16.0. The molecule has 1 aromatic heterocycles. The first-order valence-electron chi connectivity index (χ1n) is 9.59. The number of ether oxygens (including phenoxy) is 1. The van der Waals surface area contributed by atoms with E-state index in [1.807, 2.05) is 109 Å². The van der Waals surface area contributed by atoms with E-state index in [0.29, 0.717) is 12.2 Å². The van der Waals surface area contributed by atoms with Crippen LogP contribution in [0.15, 0.2) is 109 Å². The van der Waals surface area contributed by atoms with Gasteiger partial charge in [0, 0.05) is 29.3 Å². The van der Waals surface area contributed by atoms with Crippen LogP contribution in [0.4, 0.5) is 11.4 Å². The summed E-state index contributed by atoms with van der Waals surface area (Å²) < 4.78 is 7.91. The molecule has 0 N–H and O–H groups in total. The number of hydrogen-bond acceptors (Lipinski definition) is 2. The minimum absolute atomic E-state index is 0.0712. The lowest BCUT2D eigenvalue weighted by Gasteiger charge is -2.23. The smallest absolute Gasteiger partial charge is 0.262 e. The summed E-state index contributed by atoms with van der Waals surface area (Å²) in [4.78, 5) is 14.9. The molecule has 0 aliphatic carbocycles. The number of amides is 1. The highest BCUT2D eigenvalue weighted by Gasteiger charge is 2.19. The molecule has 0 saturated heterocycles. The van der Waals surface area contributed by atoms with E-state index in [1.54, 1.807) is 4.90 Å². The molecule has 0 aliphatic heterocycles. The topological polar surface area (TPSA) is 34.5 Å². The largest absolute Gasteiger partial charge is 0.492 e. The Hall–Kier alpha value is -3.79. The number of para-hydroxylation sites is 1. The van der Waals surface area contributed by atoms with E-state index in [1.165, 1.54) is 0 Å². The molecule has 29 heavy (non-hydrogen) atoms. The zero-order valence-corrected chi connectivity index (χ0v) is 16.0. The van der Waals surface area contributed by atoms with Crippen LogP contribution in [0.1, 0.15) is 10.4 Å². The van der Waals surface area contributed by atoms with Crippen LogP contribution in [0.5, 0.6) is 5.75 Å². The van der Waals surface area contributed by atoms with E-state index in [0.717, 1.165) is 23.7 Å². The minimum Gasteiger partial charge on any atom is -0.492 e. The number of rotatable bonds is 7. The number of nitrogens with zero attached hydrogens (tertiary/aromatic N) is 2. The zero-order chi connectivity index (χ0) is 19.9. The average molecular weight is 382 g/mol. The highest BCUT2D eigenvalue weighted by molar-refractivity contribution is 6.10. The summed E-state index contributed by atoms with van der Waals surface area (Å²) in [6, 6.07) is 30.6. The molecular formula is C25H22N2O2. The summed E-state index contributed by atoms with van der Waals surface area (Å²) in [7, 11) is 0. The standard InChI is InChI=1S/C25H22N2O2/c28-25(21-9-3-1-4-10-21)27(22-11-5-2-6-12-22)23-13-15-24(16-14-23)29-20-19-26-17-7-8-18-26/h1-18H,19-20H2. The Bertz CT molecular complexity index is 1030. The van der Waals surface area contributed by atoms with Gasteiger partial charge < -0.3 is 9.30 Å². The van der Waals surface area contributed by atoms with Crippen LogP contribution in [0.25, 0.3) is 0 Å². The van der Waals surface area contributed by atoms with Crippen molar-refractivity contribution in [3.63, 3.8) is 0 Å². The minimum atomic E-state index is -0.0712. The van der Waals surface area contributed by atoms with Crippen LogP contribution in [-0.4, -0.2) is 17.1 Å². The molecule has 1 heterocycles. The van der Waals surface area contributed by atoms with Gasteiger partial charge in [0.1, 0.15) is 12.4 Å². The molecule has 0 saturated carbocycles. The normalized spacial score (nSPS) is 10.5. The van der Waals surface area contributed by atoms with Crippen LogP contribution < -0.4 is 9.64 Å². The monoisotopic (exact) mass is 382 g/mol. The van der Waals surface area contributed by atoms with Crippen molar-refractivity contribution in [2.75, 3.05) is 11.5 Å². The lowest BCUT2D eigenvalue weighted by molar-refractivity contribution is 0.0999. The van der Waals surface area contributed by atoms with Crippen LogP contribution >= 0.6 is 0 Å². The van der Waals surface area contributed by atoms with E-state index in [2.05, 4.69) is 4.57 Å². The van der Waals surface area contributed by atoms with Crippen molar-refractivity contribution in [3.05, 3.63) is 115 Å². The molecular weight excluding hydrogens is 360 g/mol. The fourth-order valence-electron chi connectivity index (χ4n) is 3.15. The van der Waals surface area contributed by atoms with Gasteiger partial charge in [0.25, 0.3) is 5.91 Å². The molecule has 0 radical (unpaired) electrons. The maximum atomic E-state index is 13.2. The van der Waals surface area contributed by atoms with Crippen LogP contribution in [0.3, 0.4) is 0 Å². The Morgan fingerprint density at radius 3 is 1.97 bits per heavy atom. The van der Waals surface area contributed by atoms with Crippen molar-refractivity contribution >= 4 is 17.3 Å². The third kappa shape index (κ3) is 4.55. The van der Waals surface area contributed by atoms with Gasteiger partial charge in [0.2, 0.25) is 0 Å². The summed E-state index contributed by atoms with van der Waals surface area (Å²) in [6.45, 7) is 1.37. The van der Waals surface area contributed by atoms with Crippen molar-refractivity contribution in [1.82, 2.24) is 4.57 Å². The average Bonchev–Trinajstić information content (AvgIpc) is 3.30. The Balaban J connectivity index is 1.54. The van der Waals surface area contributed by atoms with Crippen molar-refractivity contribution in [2.24, 2.45) is 0 Å². The van der Waals surface area contributed by atoms with Gasteiger partial charge in [-0.25, -0.2) is 0 Å². The first kappa shape index (κ1) is 18.6. The van der Waals surface area contributed by atoms with Crippen LogP contribution in [-0.2, 0) is 6.54 Å². The van der Waals surface area contributed by atoms with Gasteiger partial charge in [-0.05, 0) is 60.7 Å². The lowest BCUT2D eigenvalue weighted by atomic mass is 10.1. The van der Waals surface area contributed by atoms with Gasteiger partial charge in [-0.15, -0.1) is 0 Å². The lowest BCUT2D eigenvalue weighted by Crippen LogP contribution is -2.25. The number of carbonyl (C=O) groups is 1. The first-order valence-corrected chi connectivity index (χ1v) is 9.59. The Labute approximate surface area is 170 Å². The Morgan fingerprint density at radius 2 is 1.31 bits per heavy atom. The maximum absolute atomic E-state index is 13.2. The van der Waals surface area contributed by atoms with Gasteiger partial charge in [0.05, 0.1) is 6.54 Å². The van der Waals surface area contributed by atoms with Crippen molar-refractivity contribution < 1.29 is 9.53 Å². The molecule has 4 heteroatoms. The van der Waals surface area contributed by atoms with E-state index in [4.69, 9.17) is 4.74 Å². The second-order valence-corrected chi connectivity index (χ2v) is 6.61. The van der Waals surface area contributed by atoms with E-state index in [-0.39, 0.29) is 5.91 Å². The second-order valence-electron chi connectivity index (χ2n) is 6.61. The number of anilines is 2. The molecule has 4 rings (SSSR count). The molecule has 0 unspecified atom stereocenters. The van der Waals surface area contributed by atoms with Gasteiger partial charge in [-0.2, -0.15) is 0 Å². The van der Waals surface area contributed by atoms with Gasteiger partial charge >= 0.3 is 0 Å². The predicted octanol–water partition coefficient (Wildman–Crippen LogP) is 5.55. The maximum Gasteiger partial charge on any atom is 0.262 e. The third-order valence-electron chi connectivity index (χ3n) is 4.62. The van der Waals surface area contributed by atoms with E-state index >= 15 is 0 Å². The number of benzene rings is 3. The van der Waals surface area contributed by atoms with Crippen LogP contribution in [0, 0.1) is 0 Å². The van der Waals surface area contributed by atoms with Crippen molar-refractivity contribution in [2.45, 2.75) is 6.54 Å². The molecule has 0 bridgehead atoms. The molecule has 0 spiro atoms. The predicted molar refractivity (Wildman–Crippen MR) is 116 cm³/mol. The van der Waals surface area contributed by atoms with E-state index in [9.17, 15) is 4.79 Å². The molecule has 144 valence electrons. The second kappa shape index (κ2) is 8.93. The summed E-state index contributed by atoms with van der Waals surface area (Å²) in [6.07, 6.45) is 4.03. The van der Waals surface area contributed by atoms with Gasteiger partial charge in [-0.1, -0.05) is 36.4 Å². The molecule has 0 aliphatic rings. The molecule has 0 fully saturated rings. The Kier molecular flexibility index (Phi) is 5.72. The number of carbonyl (C=O) groups excluding carboxylic acids is 1. The van der Waals surface area contributed by atoms with Gasteiger partial charge in [-0.3, -0.25) is 9.69 Å². The highest BCUT2D eigenvalue weighted by atomic mass is 16.5. The first-order chi connectivity index (χ1) is 14.3. The van der Waals surface area contributed by atoms with Crippen molar-refractivity contribution in [1.29, 1.82) is 0 Å². The fraction of sp³-hybridized carbons (Fsp3) is 0.0800. The van der Waals surface area contributed by atoms with Gasteiger partial charge in [0.15, 0.2) is 0 Å². The van der Waals surface area contributed by atoms with E-state index < -0.39 is 0 Å². The van der Waals surface area contributed by atoms with Crippen LogP contribution in [0.2, 0.25) is 0 Å². The fourth-order valence-corrected chi connectivity index (χ4v) is 3.15. The summed E-state index contributed by atoms with van der Waals surface area (Å²) >= 11 is 0. The summed E-state index contributed by atoms with van der Waals surface area (Å²) in [5.74, 6) is 0.708.